The molecule has 5 nitrogen and oxygen atoms in total. The summed E-state index contributed by atoms with van der Waals surface area (Å²) < 4.78 is 5.36. The Kier molecular flexibility index (Phi) is 6.87. The molecule has 0 spiro atoms. The molecule has 0 bridgehead atoms. The number of likely N-dealkylation sites (N-methyl/N-ethyl adjacent to an activating group) is 1. The Morgan fingerprint density at radius 1 is 1.48 bits per heavy atom. The first kappa shape index (κ1) is 17.3. The fourth-order valence-corrected chi connectivity index (χ4v) is 2.63. The first-order valence-electron chi connectivity index (χ1n) is 7.69. The predicted molar refractivity (Wildman–Crippen MR) is 96.0 cm³/mol. The summed E-state index contributed by atoms with van der Waals surface area (Å²) in [5, 5.41) is 6.55. The van der Waals surface area contributed by atoms with Crippen molar-refractivity contribution in [1.29, 1.82) is 0 Å². The minimum Gasteiger partial charge on any atom is -0.469 e. The molecule has 124 valence electrons. The third-order valence-corrected chi connectivity index (χ3v) is 4.08. The topological polar surface area (TPSA) is 53.7 Å². The highest BCUT2D eigenvalue weighted by molar-refractivity contribution is 7.09. The highest BCUT2D eigenvalue weighted by Crippen LogP contribution is 2.05. The number of aromatic nitrogens is 1. The van der Waals surface area contributed by atoms with E-state index in [0.29, 0.717) is 6.54 Å². The van der Waals surface area contributed by atoms with Gasteiger partial charge >= 0.3 is 0 Å². The van der Waals surface area contributed by atoms with Crippen LogP contribution in [0.4, 0.5) is 0 Å². The monoisotopic (exact) mass is 332 g/mol. The molecule has 1 N–H and O–H groups in total. The normalized spacial score (nSPS) is 11.5. The van der Waals surface area contributed by atoms with Gasteiger partial charge in [0.2, 0.25) is 0 Å². The van der Waals surface area contributed by atoms with E-state index < -0.39 is 0 Å². The van der Waals surface area contributed by atoms with Crippen LogP contribution in [-0.4, -0.2) is 42.5 Å². The highest BCUT2D eigenvalue weighted by Gasteiger charge is 2.08. The van der Waals surface area contributed by atoms with Gasteiger partial charge in [-0.15, -0.1) is 11.3 Å². The molecule has 0 aliphatic heterocycles. The van der Waals surface area contributed by atoms with Gasteiger partial charge in [0.05, 0.1) is 17.8 Å². The second-order valence-corrected chi connectivity index (χ2v) is 6.43. The lowest BCUT2D eigenvalue weighted by atomic mass is 10.3. The molecule has 0 fully saturated rings. The van der Waals surface area contributed by atoms with Gasteiger partial charge < -0.3 is 14.6 Å². The van der Waals surface area contributed by atoms with E-state index in [1.165, 1.54) is 0 Å². The molecule has 2 aromatic heterocycles. The van der Waals surface area contributed by atoms with Crippen LogP contribution in [0.2, 0.25) is 0 Å². The van der Waals surface area contributed by atoms with Gasteiger partial charge in [-0.3, -0.25) is 0 Å². The van der Waals surface area contributed by atoms with E-state index in [1.54, 1.807) is 17.6 Å². The summed E-state index contributed by atoms with van der Waals surface area (Å²) in [4.78, 5) is 11.1. The van der Waals surface area contributed by atoms with Gasteiger partial charge in [0, 0.05) is 44.6 Å². The Hall–Kier alpha value is -2.08. The van der Waals surface area contributed by atoms with Gasteiger partial charge in [0.1, 0.15) is 5.76 Å². The van der Waals surface area contributed by atoms with Gasteiger partial charge in [-0.05, 0) is 19.1 Å². The van der Waals surface area contributed by atoms with Crippen molar-refractivity contribution < 1.29 is 4.42 Å². The number of thiazole rings is 1. The molecule has 2 rings (SSSR count). The zero-order valence-electron chi connectivity index (χ0n) is 13.8. The highest BCUT2D eigenvalue weighted by atomic mass is 32.1. The summed E-state index contributed by atoms with van der Waals surface area (Å²) in [6.07, 6.45) is 5.29. The quantitative estimate of drug-likeness (QED) is 0.459. The van der Waals surface area contributed by atoms with Crippen molar-refractivity contribution in [2.45, 2.75) is 19.8 Å². The van der Waals surface area contributed by atoms with Crippen molar-refractivity contribution in [2.24, 2.45) is 4.99 Å². The molecule has 23 heavy (non-hydrogen) atoms. The number of rotatable bonds is 8. The smallest absolute Gasteiger partial charge is 0.194 e. The predicted octanol–water partition coefficient (Wildman–Crippen LogP) is 2.97. The average Bonchev–Trinajstić information content (AvgIpc) is 3.21. The Labute approximate surface area is 141 Å². The molecule has 0 radical (unpaired) electrons. The number of guanidine groups is 1. The first-order valence-corrected chi connectivity index (χ1v) is 8.57. The zero-order chi connectivity index (χ0) is 16.5. The van der Waals surface area contributed by atoms with Crippen LogP contribution in [-0.2, 0) is 12.8 Å². The largest absolute Gasteiger partial charge is 0.469 e. The van der Waals surface area contributed by atoms with E-state index in [9.17, 15) is 0 Å². The van der Waals surface area contributed by atoms with Crippen molar-refractivity contribution >= 4 is 17.3 Å². The van der Waals surface area contributed by atoms with Crippen molar-refractivity contribution in [3.05, 3.63) is 52.9 Å². The maximum absolute atomic E-state index is 5.36. The second-order valence-electron chi connectivity index (χ2n) is 5.45. The Morgan fingerprint density at radius 3 is 3.00 bits per heavy atom. The number of furan rings is 1. The Bertz CT molecular complexity index is 605. The summed E-state index contributed by atoms with van der Waals surface area (Å²) in [6.45, 7) is 8.19. The average molecular weight is 332 g/mol. The molecule has 2 aromatic rings. The number of hydrogen-bond donors (Lipinski definition) is 1. The van der Waals surface area contributed by atoms with Crippen LogP contribution in [0.15, 0.2) is 51.5 Å². The van der Waals surface area contributed by atoms with E-state index in [-0.39, 0.29) is 0 Å². The van der Waals surface area contributed by atoms with Crippen molar-refractivity contribution in [1.82, 2.24) is 15.2 Å². The van der Waals surface area contributed by atoms with Crippen LogP contribution in [0.1, 0.15) is 17.7 Å². The first-order chi connectivity index (χ1) is 11.1. The van der Waals surface area contributed by atoms with E-state index in [0.717, 1.165) is 48.2 Å². The molecule has 0 aliphatic rings. The van der Waals surface area contributed by atoms with Crippen LogP contribution in [0.3, 0.4) is 0 Å². The summed E-state index contributed by atoms with van der Waals surface area (Å²) in [5.74, 6) is 1.86. The van der Waals surface area contributed by atoms with E-state index >= 15 is 0 Å². The van der Waals surface area contributed by atoms with Crippen molar-refractivity contribution in [2.75, 3.05) is 26.7 Å². The van der Waals surface area contributed by atoms with Gasteiger partial charge in [-0.1, -0.05) is 12.2 Å². The van der Waals surface area contributed by atoms with E-state index in [1.807, 2.05) is 37.7 Å². The van der Waals surface area contributed by atoms with Crippen LogP contribution < -0.4 is 5.32 Å². The molecule has 0 atom stereocenters. The van der Waals surface area contributed by atoms with Crippen LogP contribution in [0.5, 0.6) is 0 Å². The van der Waals surface area contributed by atoms with Crippen LogP contribution in [0.25, 0.3) is 0 Å². The van der Waals surface area contributed by atoms with Crippen molar-refractivity contribution in [3.8, 4) is 0 Å². The molecule has 0 aromatic carbocycles. The minimum atomic E-state index is 0.630. The summed E-state index contributed by atoms with van der Waals surface area (Å²) in [5.41, 5.74) is 1.05. The SMILES string of the molecule is C=C(C)CN=C(NCCc1ccco1)N(C)CCc1nccs1. The van der Waals surface area contributed by atoms with Crippen LogP contribution in [0, 0.1) is 0 Å². The maximum atomic E-state index is 5.36. The molecule has 0 amide bonds. The minimum absolute atomic E-state index is 0.630. The fraction of sp³-hybridized carbons (Fsp3) is 0.412. The third-order valence-electron chi connectivity index (χ3n) is 3.24. The number of nitrogens with zero attached hydrogens (tertiary/aromatic N) is 3. The lowest BCUT2D eigenvalue weighted by Gasteiger charge is -2.22. The third kappa shape index (κ3) is 6.28. The summed E-state index contributed by atoms with van der Waals surface area (Å²) in [7, 11) is 2.05. The van der Waals surface area contributed by atoms with E-state index in [4.69, 9.17) is 4.42 Å². The molecular weight excluding hydrogens is 308 g/mol. The lowest BCUT2D eigenvalue weighted by Crippen LogP contribution is -2.41. The molecule has 6 heteroatoms. The Balaban J connectivity index is 1.86. The van der Waals surface area contributed by atoms with Crippen LogP contribution >= 0.6 is 11.3 Å². The summed E-state index contributed by atoms with van der Waals surface area (Å²) in [6, 6.07) is 3.89. The van der Waals surface area contributed by atoms with Gasteiger partial charge in [-0.2, -0.15) is 0 Å². The Morgan fingerprint density at radius 2 is 2.35 bits per heavy atom. The molecule has 2 heterocycles. The molecule has 0 saturated heterocycles. The number of hydrogen-bond acceptors (Lipinski definition) is 4. The van der Waals surface area contributed by atoms with E-state index in [2.05, 4.69) is 26.8 Å². The standard InChI is InChI=1S/C17H24N4OS/c1-14(2)13-20-17(19-8-6-15-5-4-11-22-15)21(3)10-7-16-18-9-12-23-16/h4-5,9,11-12H,1,6-8,10,13H2,2-3H3,(H,19,20). The number of aliphatic imine (C=N–C) groups is 1. The molecule has 0 unspecified atom stereocenters. The lowest BCUT2D eigenvalue weighted by molar-refractivity contribution is 0.475. The van der Waals surface area contributed by atoms with Gasteiger partial charge in [0.15, 0.2) is 5.96 Å². The van der Waals surface area contributed by atoms with Crippen molar-refractivity contribution in [3.63, 3.8) is 0 Å². The molecule has 0 saturated carbocycles. The van der Waals surface area contributed by atoms with Gasteiger partial charge in [-0.25, -0.2) is 9.98 Å². The summed E-state index contributed by atoms with van der Waals surface area (Å²) >= 11 is 1.69. The number of nitrogens with one attached hydrogen (secondary N) is 1. The molecular formula is C17H24N4OS. The zero-order valence-corrected chi connectivity index (χ0v) is 14.6. The second kappa shape index (κ2) is 9.15. The molecule has 0 aliphatic carbocycles. The van der Waals surface area contributed by atoms with Gasteiger partial charge in [0.25, 0.3) is 0 Å². The maximum Gasteiger partial charge on any atom is 0.194 e. The fourth-order valence-electron chi connectivity index (χ4n) is 2.02.